The Morgan fingerprint density at radius 2 is 1.73 bits per heavy atom. The normalized spacial score (nSPS) is 16.5. The number of allylic oxidation sites excluding steroid dienone is 2. The lowest BCUT2D eigenvalue weighted by molar-refractivity contribution is 0.156. The molecular formula is C19H27N3. The second-order valence-electron chi connectivity index (χ2n) is 6.08. The van der Waals surface area contributed by atoms with E-state index in [9.17, 15) is 0 Å². The number of aliphatic imine (C=N–C) groups is 1. The van der Waals surface area contributed by atoms with Gasteiger partial charge in [0.2, 0.25) is 0 Å². The van der Waals surface area contributed by atoms with E-state index in [2.05, 4.69) is 57.8 Å². The molecule has 0 spiro atoms. The Bertz CT molecular complexity index is 545. The van der Waals surface area contributed by atoms with Crippen molar-refractivity contribution in [2.45, 2.75) is 27.3 Å². The molecule has 2 rings (SSSR count). The number of hydrogen-bond acceptors (Lipinski definition) is 3. The van der Waals surface area contributed by atoms with Crippen molar-refractivity contribution < 1.29 is 0 Å². The zero-order valence-electron chi connectivity index (χ0n) is 14.0. The van der Waals surface area contributed by atoms with Gasteiger partial charge in [0.25, 0.3) is 0 Å². The molecule has 0 aliphatic carbocycles. The van der Waals surface area contributed by atoms with Crippen LogP contribution in [0.3, 0.4) is 0 Å². The van der Waals surface area contributed by atoms with E-state index in [-0.39, 0.29) is 0 Å². The van der Waals surface area contributed by atoms with Crippen molar-refractivity contribution in [3.63, 3.8) is 0 Å². The van der Waals surface area contributed by atoms with E-state index in [1.807, 2.05) is 20.8 Å². The molecule has 0 N–H and O–H groups in total. The summed E-state index contributed by atoms with van der Waals surface area (Å²) < 4.78 is 0. The van der Waals surface area contributed by atoms with Crippen LogP contribution in [-0.4, -0.2) is 41.7 Å². The molecule has 0 unspecified atom stereocenters. The molecule has 1 aliphatic rings. The van der Waals surface area contributed by atoms with Crippen LogP contribution in [0.5, 0.6) is 0 Å². The smallest absolute Gasteiger partial charge is 0.0392 e. The van der Waals surface area contributed by atoms with Crippen LogP contribution in [0.4, 0.5) is 0 Å². The largest absolute Gasteiger partial charge is 0.369 e. The minimum atomic E-state index is 1.02. The lowest BCUT2D eigenvalue weighted by Gasteiger charge is -2.36. The van der Waals surface area contributed by atoms with Crippen LogP contribution in [-0.2, 0) is 6.54 Å². The van der Waals surface area contributed by atoms with Crippen molar-refractivity contribution in [2.75, 3.05) is 26.2 Å². The topological polar surface area (TPSA) is 18.8 Å². The third kappa shape index (κ3) is 5.15. The van der Waals surface area contributed by atoms with Gasteiger partial charge in [-0.2, -0.15) is 0 Å². The second-order valence-corrected chi connectivity index (χ2v) is 6.08. The first kappa shape index (κ1) is 16.5. The Morgan fingerprint density at radius 3 is 2.32 bits per heavy atom. The average Bonchev–Trinajstić information content (AvgIpc) is 2.48. The summed E-state index contributed by atoms with van der Waals surface area (Å²) in [5.41, 5.74) is 4.56. The van der Waals surface area contributed by atoms with Gasteiger partial charge in [0.15, 0.2) is 0 Å². The van der Waals surface area contributed by atoms with E-state index in [1.54, 1.807) is 0 Å². The SMILES string of the molecule is C=C(/C=C(/C)N=C(C)C)N1CCN(Cc2ccccc2)CC1. The van der Waals surface area contributed by atoms with Gasteiger partial charge in [-0.1, -0.05) is 36.9 Å². The molecule has 118 valence electrons. The standard InChI is InChI=1S/C19H27N3/c1-16(2)20-17(3)14-18(4)22-12-10-21(11-13-22)15-19-8-6-5-7-9-19/h5-9,14H,4,10-13,15H2,1-3H3/b17-14-. The lowest BCUT2D eigenvalue weighted by Crippen LogP contribution is -2.44. The number of hydrogen-bond donors (Lipinski definition) is 0. The van der Waals surface area contributed by atoms with Crippen molar-refractivity contribution in [1.29, 1.82) is 0 Å². The number of rotatable bonds is 5. The number of nitrogens with zero attached hydrogens (tertiary/aromatic N) is 3. The van der Waals surface area contributed by atoms with Gasteiger partial charge in [0.05, 0.1) is 0 Å². The molecule has 3 heteroatoms. The van der Waals surface area contributed by atoms with Gasteiger partial charge in [-0.05, 0) is 32.4 Å². The maximum Gasteiger partial charge on any atom is 0.0392 e. The molecule has 0 saturated carbocycles. The van der Waals surface area contributed by atoms with Gasteiger partial charge < -0.3 is 4.90 Å². The first-order valence-corrected chi connectivity index (χ1v) is 7.95. The van der Waals surface area contributed by atoms with Gasteiger partial charge >= 0.3 is 0 Å². The summed E-state index contributed by atoms with van der Waals surface area (Å²) in [7, 11) is 0. The number of benzene rings is 1. The maximum atomic E-state index is 4.46. The molecule has 1 heterocycles. The second kappa shape index (κ2) is 7.95. The van der Waals surface area contributed by atoms with Crippen LogP contribution in [0.1, 0.15) is 26.3 Å². The highest BCUT2D eigenvalue weighted by molar-refractivity contribution is 5.80. The molecule has 22 heavy (non-hydrogen) atoms. The highest BCUT2D eigenvalue weighted by Crippen LogP contribution is 2.14. The van der Waals surface area contributed by atoms with E-state index >= 15 is 0 Å². The Balaban J connectivity index is 1.84. The molecule has 0 bridgehead atoms. The van der Waals surface area contributed by atoms with Gasteiger partial charge in [0, 0.05) is 49.8 Å². The molecule has 1 aliphatic heterocycles. The van der Waals surface area contributed by atoms with E-state index < -0.39 is 0 Å². The molecule has 1 saturated heterocycles. The van der Waals surface area contributed by atoms with Crippen molar-refractivity contribution >= 4 is 5.71 Å². The van der Waals surface area contributed by atoms with Gasteiger partial charge in [0.1, 0.15) is 0 Å². The van der Waals surface area contributed by atoms with E-state index in [4.69, 9.17) is 0 Å². The molecular weight excluding hydrogens is 270 g/mol. The molecule has 3 nitrogen and oxygen atoms in total. The van der Waals surface area contributed by atoms with Crippen LogP contribution in [0, 0.1) is 0 Å². The van der Waals surface area contributed by atoms with Crippen molar-refractivity contribution in [3.05, 3.63) is 59.9 Å². The summed E-state index contributed by atoms with van der Waals surface area (Å²) >= 11 is 0. The average molecular weight is 297 g/mol. The van der Waals surface area contributed by atoms with Crippen molar-refractivity contribution in [3.8, 4) is 0 Å². The highest BCUT2D eigenvalue weighted by atomic mass is 15.3. The fourth-order valence-corrected chi connectivity index (χ4v) is 2.75. The Labute approximate surface area is 134 Å². The maximum absolute atomic E-state index is 4.46. The first-order chi connectivity index (χ1) is 10.5. The van der Waals surface area contributed by atoms with Crippen LogP contribution < -0.4 is 0 Å². The monoisotopic (exact) mass is 297 g/mol. The Morgan fingerprint density at radius 1 is 1.09 bits per heavy atom. The van der Waals surface area contributed by atoms with E-state index in [0.29, 0.717) is 0 Å². The molecule has 0 amide bonds. The number of piperazine rings is 1. The molecule has 0 aromatic heterocycles. The van der Waals surface area contributed by atoms with Crippen molar-refractivity contribution in [2.24, 2.45) is 4.99 Å². The predicted molar refractivity (Wildman–Crippen MR) is 95.0 cm³/mol. The summed E-state index contributed by atoms with van der Waals surface area (Å²) in [5.74, 6) is 0. The summed E-state index contributed by atoms with van der Waals surface area (Å²) in [5, 5.41) is 0. The third-order valence-corrected chi connectivity index (χ3v) is 3.80. The first-order valence-electron chi connectivity index (χ1n) is 7.95. The summed E-state index contributed by atoms with van der Waals surface area (Å²) in [4.78, 5) is 9.32. The van der Waals surface area contributed by atoms with Crippen LogP contribution in [0.2, 0.25) is 0 Å². The van der Waals surface area contributed by atoms with E-state index in [0.717, 1.165) is 49.8 Å². The minimum Gasteiger partial charge on any atom is -0.369 e. The van der Waals surface area contributed by atoms with E-state index in [1.165, 1.54) is 5.56 Å². The Kier molecular flexibility index (Phi) is 5.96. The fourth-order valence-electron chi connectivity index (χ4n) is 2.75. The Hall–Kier alpha value is -1.87. The highest BCUT2D eigenvalue weighted by Gasteiger charge is 2.17. The molecule has 0 radical (unpaired) electrons. The third-order valence-electron chi connectivity index (χ3n) is 3.80. The zero-order valence-corrected chi connectivity index (χ0v) is 14.0. The quantitative estimate of drug-likeness (QED) is 0.609. The van der Waals surface area contributed by atoms with Crippen LogP contribution in [0.15, 0.2) is 59.4 Å². The zero-order chi connectivity index (χ0) is 15.9. The molecule has 1 fully saturated rings. The van der Waals surface area contributed by atoms with Gasteiger partial charge in [-0.3, -0.25) is 9.89 Å². The predicted octanol–water partition coefficient (Wildman–Crippen LogP) is 3.70. The van der Waals surface area contributed by atoms with Crippen LogP contribution in [0.25, 0.3) is 0 Å². The fraction of sp³-hybridized carbons (Fsp3) is 0.421. The van der Waals surface area contributed by atoms with Gasteiger partial charge in [-0.15, -0.1) is 0 Å². The van der Waals surface area contributed by atoms with Crippen molar-refractivity contribution in [1.82, 2.24) is 9.80 Å². The lowest BCUT2D eigenvalue weighted by atomic mass is 10.2. The summed E-state index contributed by atoms with van der Waals surface area (Å²) in [6.07, 6.45) is 2.08. The molecule has 1 aromatic rings. The summed E-state index contributed by atoms with van der Waals surface area (Å²) in [6, 6.07) is 10.7. The van der Waals surface area contributed by atoms with Crippen LogP contribution >= 0.6 is 0 Å². The van der Waals surface area contributed by atoms with Gasteiger partial charge in [-0.25, -0.2) is 0 Å². The minimum absolute atomic E-state index is 1.02. The summed E-state index contributed by atoms with van der Waals surface area (Å²) in [6.45, 7) is 15.5. The molecule has 1 aromatic carbocycles. The molecule has 0 atom stereocenters.